The summed E-state index contributed by atoms with van der Waals surface area (Å²) in [6, 6.07) is 3.95. The molecule has 1 aromatic carbocycles. The van der Waals surface area contributed by atoms with Crippen molar-refractivity contribution in [2.24, 2.45) is 0 Å². The molecule has 2 rings (SSSR count). The lowest BCUT2D eigenvalue weighted by atomic mass is 10.0. The van der Waals surface area contributed by atoms with Gasteiger partial charge >= 0.3 is 6.18 Å². The van der Waals surface area contributed by atoms with Crippen LogP contribution in [-0.2, 0) is 21.0 Å². The maximum atomic E-state index is 12.9. The average Bonchev–Trinajstić information content (AvgIpc) is 2.65. The maximum Gasteiger partial charge on any atom is 0.416 e. The number of thioether (sulfide) groups is 1. The van der Waals surface area contributed by atoms with Gasteiger partial charge in [0.05, 0.1) is 17.5 Å². The van der Waals surface area contributed by atoms with Gasteiger partial charge in [-0.25, -0.2) is 8.42 Å². The predicted molar refractivity (Wildman–Crippen MR) is 111 cm³/mol. The van der Waals surface area contributed by atoms with Crippen LogP contribution in [-0.4, -0.2) is 44.7 Å². The smallest absolute Gasteiger partial charge is 0.354 e. The Morgan fingerprint density at radius 3 is 2.55 bits per heavy atom. The first-order valence-corrected chi connectivity index (χ1v) is 12.5. The summed E-state index contributed by atoms with van der Waals surface area (Å²) >= 11 is 1.90. The Morgan fingerprint density at radius 1 is 1.24 bits per heavy atom. The number of anilines is 1. The quantitative estimate of drug-likeness (QED) is 0.574. The molecule has 1 aliphatic rings. The van der Waals surface area contributed by atoms with E-state index in [4.69, 9.17) is 0 Å². The second-order valence-corrected chi connectivity index (χ2v) is 10.5. The molecule has 1 saturated carbocycles. The molecule has 0 spiro atoms. The zero-order valence-corrected chi connectivity index (χ0v) is 18.0. The molecule has 0 bridgehead atoms. The first kappa shape index (κ1) is 23.9. The third kappa shape index (κ3) is 8.08. The molecule has 5 nitrogen and oxygen atoms in total. The van der Waals surface area contributed by atoms with E-state index in [0.717, 1.165) is 36.6 Å². The van der Waals surface area contributed by atoms with Crippen molar-refractivity contribution in [1.29, 1.82) is 0 Å². The lowest BCUT2D eigenvalue weighted by Crippen LogP contribution is -2.40. The monoisotopic (exact) mass is 452 g/mol. The first-order chi connectivity index (χ1) is 13.6. The van der Waals surface area contributed by atoms with Crippen molar-refractivity contribution < 1.29 is 26.4 Å². The standard InChI is InChI=1S/C19H27F3N2O3S2/c1-29(26,27)24(16-8-5-7-15(13-16)19(20,21)22)14-18(25)23-11-6-12-28-17-9-3-2-4-10-17/h5,7-8,13,17H,2-4,6,9-12,14H2,1H3,(H,23,25). The molecule has 164 valence electrons. The second kappa shape index (κ2) is 10.6. The number of halogens is 3. The van der Waals surface area contributed by atoms with E-state index in [-0.39, 0.29) is 5.69 Å². The molecule has 0 aromatic heterocycles. The molecule has 1 aromatic rings. The largest absolute Gasteiger partial charge is 0.416 e. The Morgan fingerprint density at radius 2 is 1.93 bits per heavy atom. The van der Waals surface area contributed by atoms with Crippen molar-refractivity contribution in [3.8, 4) is 0 Å². The van der Waals surface area contributed by atoms with Gasteiger partial charge in [0.2, 0.25) is 15.9 Å². The topological polar surface area (TPSA) is 66.5 Å². The number of amides is 1. The minimum atomic E-state index is -4.60. The fraction of sp³-hybridized carbons (Fsp3) is 0.632. The van der Waals surface area contributed by atoms with E-state index in [1.165, 1.54) is 38.2 Å². The van der Waals surface area contributed by atoms with Crippen molar-refractivity contribution in [2.45, 2.75) is 50.0 Å². The highest BCUT2D eigenvalue weighted by molar-refractivity contribution is 7.99. The highest BCUT2D eigenvalue weighted by Crippen LogP contribution is 2.32. The van der Waals surface area contributed by atoms with Gasteiger partial charge in [0, 0.05) is 11.8 Å². The fourth-order valence-corrected chi connectivity index (χ4v) is 5.36. The van der Waals surface area contributed by atoms with E-state index in [1.807, 2.05) is 11.8 Å². The molecule has 1 fully saturated rings. The van der Waals surface area contributed by atoms with Gasteiger partial charge in [0.25, 0.3) is 0 Å². The van der Waals surface area contributed by atoms with Gasteiger partial charge in [0.15, 0.2) is 0 Å². The number of nitrogens with zero attached hydrogens (tertiary/aromatic N) is 1. The van der Waals surface area contributed by atoms with Crippen molar-refractivity contribution in [3.63, 3.8) is 0 Å². The van der Waals surface area contributed by atoms with E-state index in [2.05, 4.69) is 5.32 Å². The van der Waals surface area contributed by atoms with Crippen molar-refractivity contribution >= 4 is 33.4 Å². The van der Waals surface area contributed by atoms with E-state index in [9.17, 15) is 26.4 Å². The van der Waals surface area contributed by atoms with Crippen LogP contribution in [0.5, 0.6) is 0 Å². The number of alkyl halides is 3. The summed E-state index contributed by atoms with van der Waals surface area (Å²) in [6.07, 6.45) is 3.33. The molecule has 29 heavy (non-hydrogen) atoms. The maximum absolute atomic E-state index is 12.9. The number of hydrogen-bond donors (Lipinski definition) is 1. The van der Waals surface area contributed by atoms with Crippen LogP contribution in [0.1, 0.15) is 44.1 Å². The molecule has 1 aliphatic carbocycles. The zero-order valence-electron chi connectivity index (χ0n) is 16.4. The highest BCUT2D eigenvalue weighted by atomic mass is 32.2. The van der Waals surface area contributed by atoms with Crippen LogP contribution in [0.3, 0.4) is 0 Å². The van der Waals surface area contributed by atoms with Gasteiger partial charge in [-0.2, -0.15) is 24.9 Å². The van der Waals surface area contributed by atoms with Gasteiger partial charge in [0.1, 0.15) is 6.54 Å². The second-order valence-electron chi connectivity index (χ2n) is 7.15. The lowest BCUT2D eigenvalue weighted by molar-refractivity contribution is -0.137. The van der Waals surface area contributed by atoms with Crippen LogP contribution in [0.25, 0.3) is 0 Å². The lowest BCUT2D eigenvalue weighted by Gasteiger charge is -2.23. The van der Waals surface area contributed by atoms with Crippen LogP contribution < -0.4 is 9.62 Å². The van der Waals surface area contributed by atoms with Crippen LogP contribution in [0.15, 0.2) is 24.3 Å². The molecule has 1 amide bonds. The minimum absolute atomic E-state index is 0.190. The molecule has 0 heterocycles. The summed E-state index contributed by atoms with van der Waals surface area (Å²) in [6.45, 7) is -0.158. The number of benzene rings is 1. The summed E-state index contributed by atoms with van der Waals surface area (Å²) in [4.78, 5) is 12.2. The Bertz CT molecular complexity index is 779. The van der Waals surface area contributed by atoms with Crippen LogP contribution in [0.4, 0.5) is 18.9 Å². The normalized spacial score (nSPS) is 15.9. The molecule has 0 atom stereocenters. The molecule has 0 aliphatic heterocycles. The van der Waals surface area contributed by atoms with E-state index >= 15 is 0 Å². The Kier molecular flexibility index (Phi) is 8.69. The minimum Gasteiger partial charge on any atom is -0.354 e. The van der Waals surface area contributed by atoms with Crippen LogP contribution in [0, 0.1) is 0 Å². The van der Waals surface area contributed by atoms with Crippen molar-refractivity contribution in [2.75, 3.05) is 29.4 Å². The molecule has 1 N–H and O–H groups in total. The number of carbonyl (C=O) groups is 1. The number of rotatable bonds is 9. The van der Waals surface area contributed by atoms with Crippen LogP contribution >= 0.6 is 11.8 Å². The summed E-state index contributed by atoms with van der Waals surface area (Å²) in [5.41, 5.74) is -1.16. The number of nitrogens with one attached hydrogen (secondary N) is 1. The molecule has 0 radical (unpaired) electrons. The Balaban J connectivity index is 1.87. The molecule has 0 unspecified atom stereocenters. The first-order valence-electron chi connectivity index (χ1n) is 9.60. The van der Waals surface area contributed by atoms with Gasteiger partial charge in [-0.3, -0.25) is 9.10 Å². The number of sulfonamides is 1. The number of carbonyl (C=O) groups excluding carboxylic acids is 1. The van der Waals surface area contributed by atoms with E-state index < -0.39 is 34.2 Å². The SMILES string of the molecule is CS(=O)(=O)N(CC(=O)NCCCSC1CCCCC1)c1cccc(C(F)(F)F)c1. The Hall–Kier alpha value is -1.42. The van der Waals surface area contributed by atoms with Crippen molar-refractivity contribution in [3.05, 3.63) is 29.8 Å². The fourth-order valence-electron chi connectivity index (χ4n) is 3.21. The van der Waals surface area contributed by atoms with E-state index in [1.54, 1.807) is 0 Å². The molecule has 0 saturated heterocycles. The van der Waals surface area contributed by atoms with Crippen LogP contribution in [0.2, 0.25) is 0 Å². The summed E-state index contributed by atoms with van der Waals surface area (Å²) < 4.78 is 63.5. The molecule has 10 heteroatoms. The zero-order chi connectivity index (χ0) is 21.5. The van der Waals surface area contributed by atoms with Crippen molar-refractivity contribution in [1.82, 2.24) is 5.32 Å². The van der Waals surface area contributed by atoms with E-state index in [0.29, 0.717) is 16.1 Å². The third-order valence-corrected chi connectivity index (χ3v) is 7.31. The summed E-state index contributed by atoms with van der Waals surface area (Å²) in [5.74, 6) is 0.365. The van der Waals surface area contributed by atoms with Gasteiger partial charge in [-0.1, -0.05) is 25.3 Å². The van der Waals surface area contributed by atoms with Gasteiger partial charge in [-0.15, -0.1) is 0 Å². The third-order valence-electron chi connectivity index (χ3n) is 4.70. The average molecular weight is 453 g/mol. The molecular formula is C19H27F3N2O3S2. The summed E-state index contributed by atoms with van der Waals surface area (Å²) in [7, 11) is -3.92. The van der Waals surface area contributed by atoms with Gasteiger partial charge < -0.3 is 5.32 Å². The Labute approximate surface area is 174 Å². The highest BCUT2D eigenvalue weighted by Gasteiger charge is 2.32. The molecular weight excluding hydrogens is 425 g/mol. The summed E-state index contributed by atoms with van der Waals surface area (Å²) in [5, 5.41) is 3.34. The number of hydrogen-bond acceptors (Lipinski definition) is 4. The predicted octanol–water partition coefficient (Wildman–Crippen LogP) is 4.04. The van der Waals surface area contributed by atoms with Gasteiger partial charge in [-0.05, 0) is 43.2 Å².